The van der Waals surface area contributed by atoms with E-state index < -0.39 is 4.92 Å². The van der Waals surface area contributed by atoms with Gasteiger partial charge < -0.3 is 10.1 Å². The molecule has 1 N–H and O–H groups in total. The first-order valence-corrected chi connectivity index (χ1v) is 6.56. The molecule has 0 heterocycles. The van der Waals surface area contributed by atoms with E-state index in [1.165, 1.54) is 25.3 Å². The van der Waals surface area contributed by atoms with Crippen molar-refractivity contribution in [2.75, 3.05) is 7.11 Å². The Kier molecular flexibility index (Phi) is 5.76. The summed E-state index contributed by atoms with van der Waals surface area (Å²) in [7, 11) is 1.34. The first-order valence-electron chi connectivity index (χ1n) is 6.12. The predicted octanol–water partition coefficient (Wildman–Crippen LogP) is 2.74. The van der Waals surface area contributed by atoms with Gasteiger partial charge in [0.2, 0.25) is 0 Å². The summed E-state index contributed by atoms with van der Waals surface area (Å²) in [6.07, 6.45) is 0.617. The van der Waals surface area contributed by atoms with Crippen molar-refractivity contribution in [3.05, 3.63) is 33.9 Å². The van der Waals surface area contributed by atoms with Crippen LogP contribution in [0.15, 0.2) is 18.2 Å². The fourth-order valence-electron chi connectivity index (χ4n) is 1.83. The van der Waals surface area contributed by atoms with Crippen molar-refractivity contribution in [2.24, 2.45) is 0 Å². The molecule has 6 nitrogen and oxygen atoms in total. The fraction of sp³-hybridized carbons (Fsp3) is 0.462. The van der Waals surface area contributed by atoms with Gasteiger partial charge in [0, 0.05) is 23.0 Å². The quantitative estimate of drug-likeness (QED) is 0.497. The van der Waals surface area contributed by atoms with Gasteiger partial charge in [-0.2, -0.15) is 0 Å². The smallest absolute Gasteiger partial charge is 0.311 e. The van der Waals surface area contributed by atoms with Crippen molar-refractivity contribution in [2.45, 2.75) is 31.7 Å². The van der Waals surface area contributed by atoms with Gasteiger partial charge in [-0.05, 0) is 32.4 Å². The largest absolute Gasteiger partial charge is 0.490 e. The maximum absolute atomic E-state index is 12.0. The Morgan fingerprint density at radius 3 is 2.65 bits per heavy atom. The zero-order valence-corrected chi connectivity index (χ0v) is 12.3. The van der Waals surface area contributed by atoms with Crippen LogP contribution in [-0.4, -0.2) is 29.4 Å². The van der Waals surface area contributed by atoms with Crippen LogP contribution in [-0.2, 0) is 0 Å². The SMILES string of the molecule is COc1ccc(C(=O)NC(C)CC(C)Cl)cc1[N+](=O)[O-]. The van der Waals surface area contributed by atoms with E-state index >= 15 is 0 Å². The number of amides is 1. The molecule has 20 heavy (non-hydrogen) atoms. The number of hydrogen-bond donors (Lipinski definition) is 1. The van der Waals surface area contributed by atoms with Gasteiger partial charge in [0.05, 0.1) is 12.0 Å². The molecule has 0 bridgehead atoms. The normalized spacial score (nSPS) is 13.4. The van der Waals surface area contributed by atoms with Crippen molar-refractivity contribution in [3.8, 4) is 5.75 Å². The Hall–Kier alpha value is -1.82. The zero-order chi connectivity index (χ0) is 15.3. The summed E-state index contributed by atoms with van der Waals surface area (Å²) in [6, 6.07) is 3.97. The maximum Gasteiger partial charge on any atom is 0.311 e. The Balaban J connectivity index is 2.88. The van der Waals surface area contributed by atoms with E-state index in [-0.39, 0.29) is 34.3 Å². The topological polar surface area (TPSA) is 81.5 Å². The number of halogens is 1. The zero-order valence-electron chi connectivity index (χ0n) is 11.6. The number of nitrogens with one attached hydrogen (secondary N) is 1. The highest BCUT2D eigenvalue weighted by molar-refractivity contribution is 6.20. The van der Waals surface area contributed by atoms with Crippen LogP contribution in [0.2, 0.25) is 0 Å². The molecule has 0 saturated heterocycles. The lowest BCUT2D eigenvalue weighted by Gasteiger charge is -2.15. The number of carbonyl (C=O) groups is 1. The van der Waals surface area contributed by atoms with Crippen LogP contribution in [0.1, 0.15) is 30.6 Å². The van der Waals surface area contributed by atoms with Crippen LogP contribution < -0.4 is 10.1 Å². The number of nitro benzene ring substituents is 1. The highest BCUT2D eigenvalue weighted by atomic mass is 35.5. The molecule has 2 atom stereocenters. The van der Waals surface area contributed by atoms with Gasteiger partial charge in [0.25, 0.3) is 5.91 Å². The Morgan fingerprint density at radius 1 is 1.50 bits per heavy atom. The van der Waals surface area contributed by atoms with Crippen LogP contribution in [0.25, 0.3) is 0 Å². The molecule has 1 amide bonds. The molecule has 2 unspecified atom stereocenters. The highest BCUT2D eigenvalue weighted by Crippen LogP contribution is 2.27. The number of methoxy groups -OCH3 is 1. The number of carbonyl (C=O) groups excluding carboxylic acids is 1. The first-order chi connectivity index (χ1) is 9.35. The standard InChI is InChI=1S/C13H17ClN2O4/c1-8(14)6-9(2)15-13(17)10-4-5-12(20-3)11(7-10)16(18)19/h4-5,7-9H,6H2,1-3H3,(H,15,17). The molecule has 1 aromatic rings. The van der Waals surface area contributed by atoms with E-state index in [0.29, 0.717) is 6.42 Å². The number of hydrogen-bond acceptors (Lipinski definition) is 4. The lowest BCUT2D eigenvalue weighted by atomic mass is 10.1. The minimum absolute atomic E-state index is 0.0597. The van der Waals surface area contributed by atoms with E-state index in [1.54, 1.807) is 0 Å². The van der Waals surface area contributed by atoms with Crippen LogP contribution in [0.3, 0.4) is 0 Å². The Morgan fingerprint density at radius 2 is 2.15 bits per heavy atom. The molecular weight excluding hydrogens is 284 g/mol. The predicted molar refractivity (Wildman–Crippen MR) is 76.5 cm³/mol. The third-order valence-corrected chi connectivity index (χ3v) is 2.87. The highest BCUT2D eigenvalue weighted by Gasteiger charge is 2.19. The van der Waals surface area contributed by atoms with Crippen LogP contribution in [0.5, 0.6) is 5.75 Å². The van der Waals surface area contributed by atoms with E-state index in [4.69, 9.17) is 16.3 Å². The minimum Gasteiger partial charge on any atom is -0.490 e. The summed E-state index contributed by atoms with van der Waals surface area (Å²) in [5.74, 6) is -0.255. The molecule has 1 aromatic carbocycles. The summed E-state index contributed by atoms with van der Waals surface area (Å²) >= 11 is 5.85. The molecule has 0 aromatic heterocycles. The van der Waals surface area contributed by atoms with Crippen molar-refractivity contribution < 1.29 is 14.5 Å². The molecule has 0 aliphatic heterocycles. The molecule has 0 aliphatic carbocycles. The van der Waals surface area contributed by atoms with Crippen molar-refractivity contribution in [3.63, 3.8) is 0 Å². The Bertz CT molecular complexity index is 505. The van der Waals surface area contributed by atoms with Gasteiger partial charge in [-0.15, -0.1) is 11.6 Å². The lowest BCUT2D eigenvalue weighted by Crippen LogP contribution is -2.33. The van der Waals surface area contributed by atoms with E-state index in [0.717, 1.165) is 0 Å². The number of ether oxygens (including phenoxy) is 1. The second kappa shape index (κ2) is 7.09. The monoisotopic (exact) mass is 300 g/mol. The average molecular weight is 301 g/mol. The van der Waals surface area contributed by atoms with Crippen molar-refractivity contribution in [1.82, 2.24) is 5.32 Å². The van der Waals surface area contributed by atoms with Gasteiger partial charge in [-0.3, -0.25) is 14.9 Å². The number of benzene rings is 1. The summed E-state index contributed by atoms with van der Waals surface area (Å²) in [5.41, 5.74) is -0.0231. The third kappa shape index (κ3) is 4.38. The minimum atomic E-state index is -0.583. The van der Waals surface area contributed by atoms with Gasteiger partial charge >= 0.3 is 5.69 Å². The van der Waals surface area contributed by atoms with Gasteiger partial charge in [0.15, 0.2) is 5.75 Å². The molecule has 0 spiro atoms. The molecule has 1 rings (SSSR count). The molecule has 110 valence electrons. The first kappa shape index (κ1) is 16.2. The van der Waals surface area contributed by atoms with E-state index in [1.807, 2.05) is 13.8 Å². The van der Waals surface area contributed by atoms with Gasteiger partial charge in [0.1, 0.15) is 0 Å². The average Bonchev–Trinajstić information content (AvgIpc) is 2.36. The molecule has 0 saturated carbocycles. The van der Waals surface area contributed by atoms with Crippen LogP contribution in [0.4, 0.5) is 5.69 Å². The van der Waals surface area contributed by atoms with Crippen LogP contribution >= 0.6 is 11.6 Å². The Labute approximate surface area is 122 Å². The van der Waals surface area contributed by atoms with Crippen molar-refractivity contribution in [1.29, 1.82) is 0 Å². The second-order valence-corrected chi connectivity index (χ2v) is 5.28. The molecular formula is C13H17ClN2O4. The summed E-state index contributed by atoms with van der Waals surface area (Å²) in [6.45, 7) is 3.66. The second-order valence-electron chi connectivity index (χ2n) is 4.53. The summed E-state index contributed by atoms with van der Waals surface area (Å²) < 4.78 is 4.88. The fourth-order valence-corrected chi connectivity index (χ4v) is 2.09. The summed E-state index contributed by atoms with van der Waals surface area (Å²) in [4.78, 5) is 22.3. The van der Waals surface area contributed by atoms with E-state index in [9.17, 15) is 14.9 Å². The van der Waals surface area contributed by atoms with Gasteiger partial charge in [-0.1, -0.05) is 0 Å². The number of nitro groups is 1. The lowest BCUT2D eigenvalue weighted by molar-refractivity contribution is -0.385. The molecule has 0 fully saturated rings. The van der Waals surface area contributed by atoms with E-state index in [2.05, 4.69) is 5.32 Å². The maximum atomic E-state index is 12.0. The molecule has 0 radical (unpaired) electrons. The number of alkyl halides is 1. The number of rotatable bonds is 6. The third-order valence-electron chi connectivity index (χ3n) is 2.69. The number of nitrogens with zero attached hydrogens (tertiary/aromatic N) is 1. The molecule has 0 aliphatic rings. The molecule has 7 heteroatoms. The van der Waals surface area contributed by atoms with Crippen molar-refractivity contribution >= 4 is 23.2 Å². The summed E-state index contributed by atoms with van der Waals surface area (Å²) in [5, 5.41) is 13.6. The van der Waals surface area contributed by atoms with Gasteiger partial charge in [-0.25, -0.2) is 0 Å². The van der Waals surface area contributed by atoms with Crippen LogP contribution in [0, 0.1) is 10.1 Å².